The van der Waals surface area contributed by atoms with Crippen molar-refractivity contribution in [3.05, 3.63) is 53.8 Å². The van der Waals surface area contributed by atoms with Crippen LogP contribution in [0.15, 0.2) is 43.0 Å². The molecule has 0 bridgehead atoms. The van der Waals surface area contributed by atoms with Crippen LogP contribution in [-0.4, -0.2) is 19.4 Å². The van der Waals surface area contributed by atoms with Crippen molar-refractivity contribution < 1.29 is 9.43 Å². The molecule has 0 aliphatic carbocycles. The zero-order valence-corrected chi connectivity index (χ0v) is 13.0. The third kappa shape index (κ3) is 6.24. The molecule has 3 nitrogen and oxygen atoms in total. The van der Waals surface area contributed by atoms with E-state index in [0.717, 1.165) is 18.4 Å². The maximum absolute atomic E-state index is 11.9. The highest BCUT2D eigenvalue weighted by molar-refractivity contribution is 6.69. The van der Waals surface area contributed by atoms with Gasteiger partial charge in [-0.15, -0.1) is 6.58 Å². The summed E-state index contributed by atoms with van der Waals surface area (Å²) in [6.45, 7) is 9.71. The summed E-state index contributed by atoms with van der Waals surface area (Å²) in [6, 6.07) is 10.0. The van der Waals surface area contributed by atoms with Gasteiger partial charge in [0, 0.05) is 4.90 Å². The highest BCUT2D eigenvalue weighted by atomic mass is 28.4. The standard InChI is InChI=1S/C15H23NO2Si/c1-5-6-10-15(14-11-8-7-9-12-14)13-16(17)18-19(2,3)4/h5,7-9,11-13,15H,1,6,10H2,2-4H3/b16-13+. The van der Waals surface area contributed by atoms with E-state index in [4.69, 9.17) is 4.53 Å². The predicted octanol–water partition coefficient (Wildman–Crippen LogP) is 4.08. The molecule has 1 unspecified atom stereocenters. The molecule has 0 N–H and O–H groups in total. The maximum atomic E-state index is 11.9. The molecular weight excluding hydrogens is 254 g/mol. The number of nitrogens with zero attached hydrogens (tertiary/aromatic N) is 1. The molecule has 0 radical (unpaired) electrons. The minimum atomic E-state index is -1.86. The van der Waals surface area contributed by atoms with Crippen molar-refractivity contribution in [3.8, 4) is 0 Å². The van der Waals surface area contributed by atoms with Crippen LogP contribution in [0.25, 0.3) is 0 Å². The molecule has 1 aromatic carbocycles. The molecule has 0 spiro atoms. The maximum Gasteiger partial charge on any atom is 0.216 e. The lowest BCUT2D eigenvalue weighted by molar-refractivity contribution is -0.701. The van der Waals surface area contributed by atoms with Crippen LogP contribution in [0, 0.1) is 5.21 Å². The van der Waals surface area contributed by atoms with E-state index in [-0.39, 0.29) is 5.92 Å². The SMILES string of the molecule is C=CCCC(/C=[N+](\[O-])O[Si](C)(C)C)c1ccccc1. The summed E-state index contributed by atoms with van der Waals surface area (Å²) in [4.78, 5) is 0.646. The Bertz CT molecular complexity index is 424. The van der Waals surface area contributed by atoms with E-state index >= 15 is 0 Å². The first kappa shape index (κ1) is 15.5. The predicted molar refractivity (Wildman–Crippen MR) is 82.7 cm³/mol. The van der Waals surface area contributed by atoms with Crippen LogP contribution in [0.4, 0.5) is 0 Å². The third-order valence-electron chi connectivity index (χ3n) is 2.58. The molecule has 0 aliphatic rings. The molecule has 1 atom stereocenters. The topological polar surface area (TPSA) is 35.3 Å². The van der Waals surface area contributed by atoms with Crippen LogP contribution >= 0.6 is 0 Å². The van der Waals surface area contributed by atoms with E-state index in [0.29, 0.717) is 4.90 Å². The van der Waals surface area contributed by atoms with Crippen molar-refractivity contribution in [1.82, 2.24) is 0 Å². The zero-order valence-electron chi connectivity index (χ0n) is 12.0. The van der Waals surface area contributed by atoms with Crippen LogP contribution in [0.2, 0.25) is 19.6 Å². The number of benzene rings is 1. The molecule has 0 heterocycles. The molecule has 4 heteroatoms. The van der Waals surface area contributed by atoms with Gasteiger partial charge in [-0.3, -0.25) is 5.21 Å². The molecule has 19 heavy (non-hydrogen) atoms. The molecule has 0 saturated heterocycles. The second-order valence-corrected chi connectivity index (χ2v) is 9.93. The van der Waals surface area contributed by atoms with Gasteiger partial charge in [0.25, 0.3) is 0 Å². The van der Waals surface area contributed by atoms with Crippen LogP contribution in [0.5, 0.6) is 0 Å². The van der Waals surface area contributed by atoms with Crippen molar-refractivity contribution in [1.29, 1.82) is 0 Å². The van der Waals surface area contributed by atoms with Crippen molar-refractivity contribution in [2.75, 3.05) is 0 Å². The Balaban J connectivity index is 2.86. The molecule has 0 amide bonds. The molecule has 0 aliphatic heterocycles. The number of hydrogen-bond acceptors (Lipinski definition) is 2. The first-order valence-electron chi connectivity index (χ1n) is 6.58. The smallest absolute Gasteiger partial charge is 0.216 e. The molecule has 1 rings (SSSR count). The fraction of sp³-hybridized carbons (Fsp3) is 0.400. The van der Waals surface area contributed by atoms with Gasteiger partial charge >= 0.3 is 0 Å². The molecule has 0 aromatic heterocycles. The lowest BCUT2D eigenvalue weighted by Gasteiger charge is -2.20. The summed E-state index contributed by atoms with van der Waals surface area (Å²) in [5.74, 6) is 0.0630. The van der Waals surface area contributed by atoms with Crippen molar-refractivity contribution in [2.45, 2.75) is 38.4 Å². The van der Waals surface area contributed by atoms with Crippen molar-refractivity contribution >= 4 is 14.5 Å². The summed E-state index contributed by atoms with van der Waals surface area (Å²) in [6.07, 6.45) is 5.23. The zero-order chi connectivity index (χ0) is 14.3. The highest BCUT2D eigenvalue weighted by Crippen LogP contribution is 2.19. The molecule has 104 valence electrons. The van der Waals surface area contributed by atoms with Crippen LogP contribution in [0.1, 0.15) is 24.3 Å². The second kappa shape index (κ2) is 7.14. The minimum absolute atomic E-state index is 0.0630. The van der Waals surface area contributed by atoms with Crippen molar-refractivity contribution in [3.63, 3.8) is 0 Å². The first-order valence-corrected chi connectivity index (χ1v) is 9.99. The Labute approximate surface area is 116 Å². The second-order valence-electron chi connectivity index (χ2n) is 5.52. The van der Waals surface area contributed by atoms with E-state index in [1.165, 1.54) is 0 Å². The van der Waals surface area contributed by atoms with Gasteiger partial charge in [-0.25, -0.2) is 0 Å². The Morgan fingerprint density at radius 1 is 1.32 bits per heavy atom. The monoisotopic (exact) mass is 277 g/mol. The van der Waals surface area contributed by atoms with E-state index in [1.54, 1.807) is 6.21 Å². The lowest BCUT2D eigenvalue weighted by Crippen LogP contribution is -2.30. The van der Waals surface area contributed by atoms with E-state index in [9.17, 15) is 5.21 Å². The fourth-order valence-electron chi connectivity index (χ4n) is 1.77. The van der Waals surface area contributed by atoms with E-state index < -0.39 is 8.32 Å². The molecule has 1 aromatic rings. The third-order valence-corrected chi connectivity index (χ3v) is 3.30. The molecular formula is C15H23NO2Si. The molecule has 0 saturated carbocycles. The fourth-order valence-corrected chi connectivity index (χ4v) is 2.37. The Morgan fingerprint density at radius 2 is 1.95 bits per heavy atom. The summed E-state index contributed by atoms with van der Waals surface area (Å²) < 4.78 is 5.40. The van der Waals surface area contributed by atoms with Gasteiger partial charge < -0.3 is 4.53 Å². The summed E-state index contributed by atoms with van der Waals surface area (Å²) in [5.41, 5.74) is 1.13. The van der Waals surface area contributed by atoms with Gasteiger partial charge in [0.2, 0.25) is 6.21 Å². The number of allylic oxidation sites excluding steroid dienone is 1. The van der Waals surface area contributed by atoms with E-state index in [2.05, 4.69) is 6.58 Å². The minimum Gasteiger partial charge on any atom is -0.444 e. The van der Waals surface area contributed by atoms with E-state index in [1.807, 2.05) is 56.0 Å². The summed E-state index contributed by atoms with van der Waals surface area (Å²) >= 11 is 0. The quantitative estimate of drug-likeness (QED) is 0.247. The molecule has 0 fully saturated rings. The van der Waals surface area contributed by atoms with Gasteiger partial charge in [0.15, 0.2) is 8.32 Å². The average Bonchev–Trinajstić information content (AvgIpc) is 2.33. The van der Waals surface area contributed by atoms with Gasteiger partial charge in [0.05, 0.1) is 5.92 Å². The van der Waals surface area contributed by atoms with Gasteiger partial charge in [0.1, 0.15) is 0 Å². The Hall–Kier alpha value is -1.55. The Morgan fingerprint density at radius 3 is 2.47 bits per heavy atom. The van der Waals surface area contributed by atoms with Crippen LogP contribution in [0.3, 0.4) is 0 Å². The largest absolute Gasteiger partial charge is 0.444 e. The summed E-state index contributed by atoms with van der Waals surface area (Å²) in [5, 5.41) is 11.9. The first-order chi connectivity index (χ1) is 8.92. The van der Waals surface area contributed by atoms with Crippen molar-refractivity contribution in [2.24, 2.45) is 0 Å². The summed E-state index contributed by atoms with van der Waals surface area (Å²) in [7, 11) is -1.86. The van der Waals surface area contributed by atoms with Gasteiger partial charge in [-0.2, -0.15) is 0 Å². The number of rotatable bonds is 7. The normalized spacial score (nSPS) is 13.9. The highest BCUT2D eigenvalue weighted by Gasteiger charge is 2.17. The number of hydrogen-bond donors (Lipinski definition) is 0. The lowest BCUT2D eigenvalue weighted by atomic mass is 9.95. The van der Waals surface area contributed by atoms with Gasteiger partial charge in [-0.1, -0.05) is 56.0 Å². The van der Waals surface area contributed by atoms with Crippen LogP contribution < -0.4 is 0 Å². The Kier molecular flexibility index (Phi) is 5.82. The van der Waals surface area contributed by atoms with Gasteiger partial charge in [-0.05, 0) is 18.4 Å². The average molecular weight is 277 g/mol. The van der Waals surface area contributed by atoms with Crippen LogP contribution in [-0.2, 0) is 4.53 Å².